The molecule has 4 aliphatic heterocycles. The van der Waals surface area contributed by atoms with Gasteiger partial charge in [-0.05, 0) is 36.8 Å². The monoisotopic (exact) mass is 398 g/mol. The summed E-state index contributed by atoms with van der Waals surface area (Å²) in [5, 5.41) is 6.02. The third kappa shape index (κ3) is 2.97. The van der Waals surface area contributed by atoms with Gasteiger partial charge in [0, 0.05) is 43.8 Å². The number of nitrogens with zero attached hydrogens (tertiary/aromatic N) is 1. The van der Waals surface area contributed by atoms with Crippen LogP contribution in [0.3, 0.4) is 0 Å². The fourth-order valence-corrected chi connectivity index (χ4v) is 5.46. The van der Waals surface area contributed by atoms with E-state index in [0.29, 0.717) is 38.2 Å². The number of ether oxygens (including phenoxy) is 1. The molecule has 8 heteroatoms. The Morgan fingerprint density at radius 2 is 2.10 bits per heavy atom. The number of imide groups is 1. The molecular formula is C21H26N4O4. The number of hydrogen-bond donors (Lipinski definition) is 3. The zero-order valence-corrected chi connectivity index (χ0v) is 16.3. The molecule has 1 aromatic rings. The van der Waals surface area contributed by atoms with Crippen molar-refractivity contribution in [1.82, 2.24) is 15.5 Å². The third-order valence-electron chi connectivity index (χ3n) is 6.97. The maximum atomic E-state index is 13.2. The van der Waals surface area contributed by atoms with Crippen LogP contribution in [-0.2, 0) is 27.4 Å². The molecule has 3 amide bonds. The van der Waals surface area contributed by atoms with Gasteiger partial charge in [-0.15, -0.1) is 0 Å². The Morgan fingerprint density at radius 1 is 1.28 bits per heavy atom. The third-order valence-corrected chi connectivity index (χ3v) is 6.97. The number of fused-ring (bicyclic) bond motifs is 3. The average molecular weight is 398 g/mol. The molecule has 154 valence electrons. The molecule has 4 N–H and O–H groups in total. The second-order valence-corrected chi connectivity index (χ2v) is 8.82. The topological polar surface area (TPSA) is 114 Å². The zero-order chi connectivity index (χ0) is 20.2. The molecule has 29 heavy (non-hydrogen) atoms. The van der Waals surface area contributed by atoms with E-state index in [9.17, 15) is 14.4 Å². The summed E-state index contributed by atoms with van der Waals surface area (Å²) in [6.07, 6.45) is 3.39. The Morgan fingerprint density at radius 3 is 2.86 bits per heavy atom. The van der Waals surface area contributed by atoms with Crippen molar-refractivity contribution in [3.05, 3.63) is 34.9 Å². The number of amides is 3. The summed E-state index contributed by atoms with van der Waals surface area (Å²) in [5.74, 6) is -0.776. The molecule has 5 aliphatic rings. The van der Waals surface area contributed by atoms with Crippen LogP contribution in [-0.4, -0.2) is 53.0 Å². The average Bonchev–Trinajstić information content (AvgIpc) is 3.03. The number of rotatable bonds is 5. The van der Waals surface area contributed by atoms with E-state index >= 15 is 0 Å². The largest absolute Gasteiger partial charge is 0.373 e. The number of piperidine rings is 1. The molecule has 4 fully saturated rings. The molecule has 6 rings (SSSR count). The van der Waals surface area contributed by atoms with Gasteiger partial charge in [0.2, 0.25) is 11.8 Å². The van der Waals surface area contributed by atoms with E-state index in [-0.39, 0.29) is 35.3 Å². The standard InChI is InChI=1S/C21H26N4O4/c22-12-21-10-20(11-21,6-7-29-21)23-8-13-2-1-3-14-9-25(19(28)17(13)14)15-4-5-16(26)24-18(15)27/h1-3,15,23H,4-12,22H2,(H,24,26,27). The number of hydrogen-bond acceptors (Lipinski definition) is 6. The minimum absolute atomic E-state index is 0.0330. The highest BCUT2D eigenvalue weighted by molar-refractivity contribution is 6.05. The van der Waals surface area contributed by atoms with Crippen LogP contribution >= 0.6 is 0 Å². The van der Waals surface area contributed by atoms with E-state index in [1.54, 1.807) is 4.90 Å². The zero-order valence-electron chi connectivity index (χ0n) is 16.3. The predicted molar refractivity (Wildman–Crippen MR) is 104 cm³/mol. The Hall–Kier alpha value is -2.29. The highest BCUT2D eigenvalue weighted by Gasteiger charge is 2.57. The number of nitrogens with one attached hydrogen (secondary N) is 2. The minimum Gasteiger partial charge on any atom is -0.373 e. The van der Waals surface area contributed by atoms with Crippen molar-refractivity contribution in [1.29, 1.82) is 0 Å². The van der Waals surface area contributed by atoms with Gasteiger partial charge < -0.3 is 20.7 Å². The SMILES string of the molecule is NCC12CC(NCc3cccc4c3C(=O)N(C3CCC(=O)NC3=O)C4)(CCO1)C2. The summed E-state index contributed by atoms with van der Waals surface area (Å²) in [4.78, 5) is 38.5. The summed E-state index contributed by atoms with van der Waals surface area (Å²) < 4.78 is 5.86. The fraction of sp³-hybridized carbons (Fsp3) is 0.571. The summed E-state index contributed by atoms with van der Waals surface area (Å²) in [7, 11) is 0. The van der Waals surface area contributed by atoms with Gasteiger partial charge in [-0.2, -0.15) is 0 Å². The van der Waals surface area contributed by atoms with E-state index in [4.69, 9.17) is 10.5 Å². The number of carbonyl (C=O) groups is 3. The molecule has 1 saturated carbocycles. The fourth-order valence-electron chi connectivity index (χ4n) is 5.46. The van der Waals surface area contributed by atoms with E-state index in [0.717, 1.165) is 30.4 Å². The van der Waals surface area contributed by atoms with Crippen molar-refractivity contribution in [3.63, 3.8) is 0 Å². The van der Waals surface area contributed by atoms with Gasteiger partial charge >= 0.3 is 0 Å². The first-order valence-corrected chi connectivity index (χ1v) is 10.3. The molecule has 2 bridgehead atoms. The molecule has 1 unspecified atom stereocenters. The lowest BCUT2D eigenvalue weighted by Gasteiger charge is -2.60. The maximum absolute atomic E-state index is 13.2. The Labute approximate surface area is 169 Å². The molecule has 4 heterocycles. The first-order chi connectivity index (χ1) is 13.9. The molecule has 1 atom stereocenters. The van der Waals surface area contributed by atoms with Gasteiger partial charge in [0.15, 0.2) is 0 Å². The lowest BCUT2D eigenvalue weighted by molar-refractivity contribution is -0.192. The molecular weight excluding hydrogens is 372 g/mol. The summed E-state index contributed by atoms with van der Waals surface area (Å²) in [6.45, 7) is 2.25. The first kappa shape index (κ1) is 18.7. The molecule has 8 nitrogen and oxygen atoms in total. The van der Waals surface area contributed by atoms with Crippen LogP contribution < -0.4 is 16.4 Å². The van der Waals surface area contributed by atoms with Crippen molar-refractivity contribution in [3.8, 4) is 0 Å². The quantitative estimate of drug-likeness (QED) is 0.610. The molecule has 0 radical (unpaired) electrons. The second kappa shape index (κ2) is 6.62. The van der Waals surface area contributed by atoms with Crippen LogP contribution in [0.5, 0.6) is 0 Å². The van der Waals surface area contributed by atoms with Crippen LogP contribution in [0.25, 0.3) is 0 Å². The Kier molecular flexibility index (Phi) is 4.27. The minimum atomic E-state index is -0.584. The highest BCUT2D eigenvalue weighted by atomic mass is 16.5. The van der Waals surface area contributed by atoms with Crippen LogP contribution in [0.2, 0.25) is 0 Å². The summed E-state index contributed by atoms with van der Waals surface area (Å²) in [6, 6.07) is 5.30. The maximum Gasteiger partial charge on any atom is 0.255 e. The van der Waals surface area contributed by atoms with Gasteiger partial charge in [0.05, 0.1) is 5.60 Å². The van der Waals surface area contributed by atoms with Crippen molar-refractivity contribution in [2.45, 2.75) is 62.4 Å². The summed E-state index contributed by atoms with van der Waals surface area (Å²) >= 11 is 0. The Balaban J connectivity index is 1.32. The number of nitrogens with two attached hydrogens (primary N) is 1. The van der Waals surface area contributed by atoms with Crippen LogP contribution in [0.15, 0.2) is 18.2 Å². The van der Waals surface area contributed by atoms with Gasteiger partial charge in [0.25, 0.3) is 5.91 Å². The normalized spacial score (nSPS) is 33.3. The molecule has 0 aromatic heterocycles. The van der Waals surface area contributed by atoms with Crippen LogP contribution in [0.1, 0.15) is 53.6 Å². The van der Waals surface area contributed by atoms with E-state index < -0.39 is 6.04 Å². The van der Waals surface area contributed by atoms with Crippen molar-refractivity contribution in [2.24, 2.45) is 5.73 Å². The van der Waals surface area contributed by atoms with Gasteiger partial charge in [-0.3, -0.25) is 19.7 Å². The highest BCUT2D eigenvalue weighted by Crippen LogP contribution is 2.49. The molecule has 1 aliphatic carbocycles. The number of carbonyl (C=O) groups excluding carboxylic acids is 3. The summed E-state index contributed by atoms with van der Waals surface area (Å²) in [5.41, 5.74) is 8.32. The molecule has 0 spiro atoms. The van der Waals surface area contributed by atoms with Gasteiger partial charge in [-0.1, -0.05) is 18.2 Å². The molecule has 1 aromatic carbocycles. The van der Waals surface area contributed by atoms with E-state index in [1.807, 2.05) is 18.2 Å². The van der Waals surface area contributed by atoms with Crippen LogP contribution in [0, 0.1) is 0 Å². The van der Waals surface area contributed by atoms with E-state index in [1.165, 1.54) is 0 Å². The predicted octanol–water partition coefficient (Wildman–Crippen LogP) is 0.188. The second-order valence-electron chi connectivity index (χ2n) is 8.82. The van der Waals surface area contributed by atoms with Gasteiger partial charge in [0.1, 0.15) is 6.04 Å². The van der Waals surface area contributed by atoms with E-state index in [2.05, 4.69) is 10.6 Å². The lowest BCUT2D eigenvalue weighted by atomic mass is 9.61. The molecule has 3 saturated heterocycles. The number of benzene rings is 1. The van der Waals surface area contributed by atoms with Crippen molar-refractivity contribution < 1.29 is 19.1 Å². The first-order valence-electron chi connectivity index (χ1n) is 10.3. The van der Waals surface area contributed by atoms with Crippen molar-refractivity contribution >= 4 is 17.7 Å². The van der Waals surface area contributed by atoms with Crippen LogP contribution in [0.4, 0.5) is 0 Å². The Bertz CT molecular complexity index is 893. The van der Waals surface area contributed by atoms with Crippen molar-refractivity contribution in [2.75, 3.05) is 13.2 Å². The van der Waals surface area contributed by atoms with Gasteiger partial charge in [-0.25, -0.2) is 0 Å². The lowest BCUT2D eigenvalue weighted by Crippen LogP contribution is -2.71. The smallest absolute Gasteiger partial charge is 0.255 e.